The van der Waals surface area contributed by atoms with Gasteiger partial charge in [-0.05, 0) is 31.5 Å². The summed E-state index contributed by atoms with van der Waals surface area (Å²) in [4.78, 5) is 11.2. The molecule has 0 heterocycles. The molecule has 1 rings (SSSR count). The van der Waals surface area contributed by atoms with E-state index in [1.807, 2.05) is 38.2 Å². The molecule has 0 amide bonds. The average Bonchev–Trinajstić information content (AvgIpc) is 2.37. The number of carbonyl (C=O) groups is 1. The van der Waals surface area contributed by atoms with Crippen LogP contribution in [0, 0.1) is 0 Å². The van der Waals surface area contributed by atoms with Gasteiger partial charge in [-0.15, -0.1) is 0 Å². The lowest BCUT2D eigenvalue weighted by atomic mass is 10.2. The lowest BCUT2D eigenvalue weighted by Gasteiger charge is -2.07. The van der Waals surface area contributed by atoms with E-state index >= 15 is 0 Å². The molecular formula is C14H20N2O2. The Hall–Kier alpha value is -1.97. The van der Waals surface area contributed by atoms with Crippen molar-refractivity contribution in [1.82, 2.24) is 5.32 Å². The summed E-state index contributed by atoms with van der Waals surface area (Å²) in [6.07, 6.45) is 1.46. The monoisotopic (exact) mass is 248 g/mol. The predicted molar refractivity (Wildman–Crippen MR) is 73.2 cm³/mol. The van der Waals surface area contributed by atoms with Gasteiger partial charge in [0.2, 0.25) is 0 Å². The predicted octanol–water partition coefficient (Wildman–Crippen LogP) is 2.28. The molecule has 4 heteroatoms. The topological polar surface area (TPSA) is 50.4 Å². The summed E-state index contributed by atoms with van der Waals surface area (Å²) in [5.41, 5.74) is 3.04. The van der Waals surface area contributed by atoms with Gasteiger partial charge in [0, 0.05) is 31.1 Å². The fraction of sp³-hybridized carbons (Fsp3) is 0.357. The lowest BCUT2D eigenvalue weighted by Crippen LogP contribution is -2.13. The van der Waals surface area contributed by atoms with Gasteiger partial charge in [-0.3, -0.25) is 0 Å². The molecule has 0 spiro atoms. The molecule has 18 heavy (non-hydrogen) atoms. The maximum absolute atomic E-state index is 11.2. The van der Waals surface area contributed by atoms with Crippen molar-refractivity contribution in [3.8, 4) is 0 Å². The molecule has 0 bridgehead atoms. The van der Waals surface area contributed by atoms with Crippen molar-refractivity contribution in [3.63, 3.8) is 0 Å². The van der Waals surface area contributed by atoms with Crippen LogP contribution < -0.4 is 10.6 Å². The van der Waals surface area contributed by atoms with Crippen LogP contribution in [0.3, 0.4) is 0 Å². The molecule has 98 valence electrons. The van der Waals surface area contributed by atoms with Crippen molar-refractivity contribution in [2.24, 2.45) is 0 Å². The number of hydrogen-bond donors (Lipinski definition) is 2. The highest BCUT2D eigenvalue weighted by Gasteiger charge is 1.98. The summed E-state index contributed by atoms with van der Waals surface area (Å²) in [7, 11) is 1.89. The summed E-state index contributed by atoms with van der Waals surface area (Å²) in [5.74, 6) is -0.312. The Morgan fingerprint density at radius 2 is 2.00 bits per heavy atom. The normalized spacial score (nSPS) is 10.9. The molecule has 1 aromatic rings. The first kappa shape index (κ1) is 14.1. The standard InChI is InChI=1S/C14H20N2O2/c1-4-18-14(17)9-11(2)16-10-12-5-7-13(15-3)8-6-12/h5-9,15-16H,4,10H2,1-3H3/b11-9-. The first-order chi connectivity index (χ1) is 8.65. The quantitative estimate of drug-likeness (QED) is 0.599. The molecular weight excluding hydrogens is 228 g/mol. The van der Waals surface area contributed by atoms with Crippen molar-refractivity contribution in [2.45, 2.75) is 20.4 Å². The zero-order chi connectivity index (χ0) is 13.4. The van der Waals surface area contributed by atoms with E-state index in [1.165, 1.54) is 6.08 Å². The summed E-state index contributed by atoms with van der Waals surface area (Å²) in [6, 6.07) is 8.11. The summed E-state index contributed by atoms with van der Waals surface area (Å²) < 4.78 is 4.83. The molecule has 0 saturated carbocycles. The van der Waals surface area contributed by atoms with Crippen LogP contribution in [0.4, 0.5) is 5.69 Å². The molecule has 0 unspecified atom stereocenters. The van der Waals surface area contributed by atoms with Gasteiger partial charge in [0.05, 0.1) is 6.61 Å². The Balaban J connectivity index is 2.46. The number of ether oxygens (including phenoxy) is 1. The van der Waals surface area contributed by atoms with Crippen molar-refractivity contribution < 1.29 is 9.53 Å². The van der Waals surface area contributed by atoms with Crippen LogP contribution in [0.1, 0.15) is 19.4 Å². The number of benzene rings is 1. The van der Waals surface area contributed by atoms with E-state index in [-0.39, 0.29) is 5.97 Å². The molecule has 0 aliphatic carbocycles. The third kappa shape index (κ3) is 4.91. The number of esters is 1. The van der Waals surface area contributed by atoms with E-state index < -0.39 is 0 Å². The third-order valence-electron chi connectivity index (χ3n) is 2.43. The maximum atomic E-state index is 11.2. The van der Waals surface area contributed by atoms with Gasteiger partial charge in [0.25, 0.3) is 0 Å². The van der Waals surface area contributed by atoms with Gasteiger partial charge in [-0.2, -0.15) is 0 Å². The van der Waals surface area contributed by atoms with Crippen LogP contribution >= 0.6 is 0 Å². The zero-order valence-corrected chi connectivity index (χ0v) is 11.1. The van der Waals surface area contributed by atoms with Gasteiger partial charge < -0.3 is 15.4 Å². The first-order valence-electron chi connectivity index (χ1n) is 6.01. The molecule has 0 radical (unpaired) electrons. The van der Waals surface area contributed by atoms with Crippen LogP contribution in [0.5, 0.6) is 0 Å². The minimum absolute atomic E-state index is 0.312. The molecule has 0 fully saturated rings. The van der Waals surface area contributed by atoms with Crippen molar-refractivity contribution in [1.29, 1.82) is 0 Å². The molecule has 1 aromatic carbocycles. The minimum Gasteiger partial charge on any atom is -0.463 e. The lowest BCUT2D eigenvalue weighted by molar-refractivity contribution is -0.137. The molecule has 4 nitrogen and oxygen atoms in total. The fourth-order valence-corrected chi connectivity index (χ4v) is 1.44. The largest absolute Gasteiger partial charge is 0.463 e. The molecule has 0 atom stereocenters. The number of hydrogen-bond acceptors (Lipinski definition) is 4. The summed E-state index contributed by atoms with van der Waals surface area (Å²) in [6.45, 7) is 4.72. The van der Waals surface area contributed by atoms with E-state index in [4.69, 9.17) is 4.74 Å². The van der Waals surface area contributed by atoms with E-state index in [0.29, 0.717) is 13.2 Å². The molecule has 0 aliphatic rings. The third-order valence-corrected chi connectivity index (χ3v) is 2.43. The van der Waals surface area contributed by atoms with E-state index in [0.717, 1.165) is 16.9 Å². The molecule has 2 N–H and O–H groups in total. The highest BCUT2D eigenvalue weighted by atomic mass is 16.5. The van der Waals surface area contributed by atoms with E-state index in [2.05, 4.69) is 10.6 Å². The molecule has 0 aliphatic heterocycles. The minimum atomic E-state index is -0.312. The van der Waals surface area contributed by atoms with Crippen LogP contribution in [-0.2, 0) is 16.1 Å². The Kier molecular flexibility index (Phi) is 5.77. The summed E-state index contributed by atoms with van der Waals surface area (Å²) in [5, 5.41) is 6.23. The van der Waals surface area contributed by atoms with Gasteiger partial charge in [-0.25, -0.2) is 4.79 Å². The Morgan fingerprint density at radius 3 is 2.56 bits per heavy atom. The van der Waals surface area contributed by atoms with Gasteiger partial charge in [-0.1, -0.05) is 12.1 Å². The Morgan fingerprint density at radius 1 is 1.33 bits per heavy atom. The van der Waals surface area contributed by atoms with Gasteiger partial charge in [0.15, 0.2) is 0 Å². The van der Waals surface area contributed by atoms with Gasteiger partial charge >= 0.3 is 5.97 Å². The number of nitrogens with one attached hydrogen (secondary N) is 2. The summed E-state index contributed by atoms with van der Waals surface area (Å²) >= 11 is 0. The Labute approximate surface area is 108 Å². The Bertz CT molecular complexity index is 410. The number of carbonyl (C=O) groups excluding carboxylic acids is 1. The number of allylic oxidation sites excluding steroid dienone is 1. The smallest absolute Gasteiger partial charge is 0.332 e. The molecule has 0 aromatic heterocycles. The maximum Gasteiger partial charge on any atom is 0.332 e. The van der Waals surface area contributed by atoms with E-state index in [9.17, 15) is 4.79 Å². The number of anilines is 1. The second kappa shape index (κ2) is 7.37. The number of rotatable bonds is 6. The van der Waals surface area contributed by atoms with E-state index in [1.54, 1.807) is 6.92 Å². The molecule has 0 saturated heterocycles. The van der Waals surface area contributed by atoms with Crippen LogP contribution in [0.15, 0.2) is 36.0 Å². The van der Waals surface area contributed by atoms with Crippen LogP contribution in [-0.4, -0.2) is 19.6 Å². The van der Waals surface area contributed by atoms with Crippen molar-refractivity contribution in [3.05, 3.63) is 41.6 Å². The SMILES string of the molecule is CCOC(=O)/C=C(/C)NCc1ccc(NC)cc1. The fourth-order valence-electron chi connectivity index (χ4n) is 1.44. The highest BCUT2D eigenvalue weighted by Crippen LogP contribution is 2.08. The average molecular weight is 248 g/mol. The first-order valence-corrected chi connectivity index (χ1v) is 6.01. The van der Waals surface area contributed by atoms with Crippen LogP contribution in [0.25, 0.3) is 0 Å². The van der Waals surface area contributed by atoms with Crippen LogP contribution in [0.2, 0.25) is 0 Å². The second-order valence-electron chi connectivity index (χ2n) is 3.88. The van der Waals surface area contributed by atoms with Gasteiger partial charge in [0.1, 0.15) is 0 Å². The van der Waals surface area contributed by atoms with Crippen molar-refractivity contribution in [2.75, 3.05) is 19.0 Å². The van der Waals surface area contributed by atoms with Crippen molar-refractivity contribution >= 4 is 11.7 Å². The highest BCUT2D eigenvalue weighted by molar-refractivity contribution is 5.82. The second-order valence-corrected chi connectivity index (χ2v) is 3.88. The zero-order valence-electron chi connectivity index (χ0n) is 11.1.